The van der Waals surface area contributed by atoms with Gasteiger partial charge in [0.25, 0.3) is 0 Å². The van der Waals surface area contributed by atoms with Gasteiger partial charge < -0.3 is 5.32 Å². The van der Waals surface area contributed by atoms with Crippen molar-refractivity contribution in [1.82, 2.24) is 4.98 Å². The van der Waals surface area contributed by atoms with E-state index in [0.29, 0.717) is 11.4 Å². The van der Waals surface area contributed by atoms with Crippen LogP contribution in [0.4, 0.5) is 5.82 Å². The summed E-state index contributed by atoms with van der Waals surface area (Å²) in [6, 6.07) is 14.2. The third kappa shape index (κ3) is 2.92. The Labute approximate surface area is 113 Å². The Balaban J connectivity index is 2.39. The number of hydrogen-bond donors (Lipinski definition) is 1. The van der Waals surface area contributed by atoms with Gasteiger partial charge in [-0.3, -0.25) is 0 Å². The summed E-state index contributed by atoms with van der Waals surface area (Å²) in [7, 11) is 0. The minimum atomic E-state index is 0.579. The topological polar surface area (TPSA) is 48.7 Å². The van der Waals surface area contributed by atoms with Crippen LogP contribution in [0.3, 0.4) is 0 Å². The molecule has 96 valence electrons. The Morgan fingerprint density at radius 2 is 1.84 bits per heavy atom. The lowest BCUT2D eigenvalue weighted by molar-refractivity contribution is 1.14. The van der Waals surface area contributed by atoms with E-state index in [2.05, 4.69) is 47.6 Å². The fraction of sp³-hybridized carbons (Fsp3) is 0.250. The minimum Gasteiger partial charge on any atom is -0.369 e. The van der Waals surface area contributed by atoms with Gasteiger partial charge in [-0.2, -0.15) is 5.26 Å². The van der Waals surface area contributed by atoms with Gasteiger partial charge in [0, 0.05) is 12.1 Å². The van der Waals surface area contributed by atoms with Crippen molar-refractivity contribution in [2.75, 3.05) is 11.9 Å². The van der Waals surface area contributed by atoms with Gasteiger partial charge in [0.1, 0.15) is 11.9 Å². The fourth-order valence-electron chi connectivity index (χ4n) is 1.92. The monoisotopic (exact) mass is 251 g/mol. The summed E-state index contributed by atoms with van der Waals surface area (Å²) in [6.07, 6.45) is 1.03. The maximum absolute atomic E-state index is 9.04. The smallest absolute Gasteiger partial charge is 0.144 e. The van der Waals surface area contributed by atoms with Gasteiger partial charge in [-0.15, -0.1) is 0 Å². The molecule has 0 spiro atoms. The Bertz CT molecular complexity index is 594. The lowest BCUT2D eigenvalue weighted by Gasteiger charge is -2.08. The van der Waals surface area contributed by atoms with Crippen molar-refractivity contribution >= 4 is 5.82 Å². The van der Waals surface area contributed by atoms with E-state index in [4.69, 9.17) is 5.26 Å². The number of pyridine rings is 1. The second kappa shape index (κ2) is 6.01. The van der Waals surface area contributed by atoms with Gasteiger partial charge >= 0.3 is 0 Å². The highest BCUT2D eigenvalue weighted by Crippen LogP contribution is 2.22. The molecule has 1 aromatic heterocycles. The number of rotatable bonds is 4. The number of anilines is 1. The van der Waals surface area contributed by atoms with Crippen LogP contribution in [0, 0.1) is 11.3 Å². The number of aromatic nitrogens is 1. The third-order valence-corrected chi connectivity index (χ3v) is 3.02. The molecule has 1 heterocycles. The highest BCUT2D eigenvalue weighted by Gasteiger charge is 2.06. The Kier molecular flexibility index (Phi) is 4.15. The molecule has 2 aromatic rings. The maximum Gasteiger partial charge on any atom is 0.144 e. The second-order valence-corrected chi connectivity index (χ2v) is 4.29. The number of benzene rings is 1. The van der Waals surface area contributed by atoms with E-state index >= 15 is 0 Å². The van der Waals surface area contributed by atoms with Crippen LogP contribution >= 0.6 is 0 Å². The van der Waals surface area contributed by atoms with Crippen LogP contribution < -0.4 is 5.32 Å². The average Bonchev–Trinajstić information content (AvgIpc) is 2.47. The van der Waals surface area contributed by atoms with Crippen LogP contribution in [0.1, 0.15) is 25.0 Å². The molecule has 0 bridgehead atoms. The van der Waals surface area contributed by atoms with Gasteiger partial charge in [-0.05, 0) is 31.0 Å². The molecule has 0 aliphatic heterocycles. The molecule has 0 unspecified atom stereocenters. The van der Waals surface area contributed by atoms with E-state index in [1.165, 1.54) is 5.56 Å². The van der Waals surface area contributed by atoms with Crippen LogP contribution in [-0.4, -0.2) is 11.5 Å². The molecule has 3 heteroatoms. The first-order chi connectivity index (χ1) is 9.28. The predicted octanol–water partition coefficient (Wildman–Crippen LogP) is 3.61. The summed E-state index contributed by atoms with van der Waals surface area (Å²) in [5.74, 6) is 0.655. The summed E-state index contributed by atoms with van der Waals surface area (Å²) in [4.78, 5) is 4.53. The van der Waals surface area contributed by atoms with E-state index in [9.17, 15) is 0 Å². The third-order valence-electron chi connectivity index (χ3n) is 3.02. The zero-order chi connectivity index (χ0) is 13.7. The second-order valence-electron chi connectivity index (χ2n) is 4.29. The number of hydrogen-bond acceptors (Lipinski definition) is 3. The summed E-state index contributed by atoms with van der Waals surface area (Å²) >= 11 is 0. The molecule has 0 radical (unpaired) electrons. The summed E-state index contributed by atoms with van der Waals surface area (Å²) in [5.41, 5.74) is 3.85. The van der Waals surface area contributed by atoms with E-state index in [1.807, 2.05) is 19.1 Å². The molecule has 1 aromatic carbocycles. The van der Waals surface area contributed by atoms with Crippen LogP contribution in [0.5, 0.6) is 0 Å². The first-order valence-corrected chi connectivity index (χ1v) is 6.52. The Hall–Kier alpha value is -2.34. The van der Waals surface area contributed by atoms with Crippen molar-refractivity contribution in [3.63, 3.8) is 0 Å². The summed E-state index contributed by atoms with van der Waals surface area (Å²) in [5, 5.41) is 12.2. The normalized spacial score (nSPS) is 9.95. The summed E-state index contributed by atoms with van der Waals surface area (Å²) < 4.78 is 0. The molecule has 0 aliphatic rings. The highest BCUT2D eigenvalue weighted by atomic mass is 15.0. The van der Waals surface area contributed by atoms with Crippen LogP contribution in [-0.2, 0) is 6.42 Å². The predicted molar refractivity (Wildman–Crippen MR) is 77.9 cm³/mol. The molecule has 0 atom stereocenters. The molecule has 0 amide bonds. The molecule has 0 fully saturated rings. The van der Waals surface area contributed by atoms with Gasteiger partial charge in [0.2, 0.25) is 0 Å². The molecule has 0 aliphatic carbocycles. The van der Waals surface area contributed by atoms with Gasteiger partial charge in [-0.1, -0.05) is 31.2 Å². The fourth-order valence-corrected chi connectivity index (χ4v) is 1.92. The zero-order valence-corrected chi connectivity index (χ0v) is 11.3. The van der Waals surface area contributed by atoms with E-state index in [-0.39, 0.29) is 0 Å². The van der Waals surface area contributed by atoms with Crippen molar-refractivity contribution in [3.8, 4) is 17.3 Å². The van der Waals surface area contributed by atoms with Crippen molar-refractivity contribution in [2.24, 2.45) is 0 Å². The zero-order valence-electron chi connectivity index (χ0n) is 11.3. The number of aryl methyl sites for hydroxylation is 1. The standard InChI is InChI=1S/C16H17N3/c1-3-12-5-7-13(8-6-12)15-10-9-14(11-17)16(19-15)18-4-2/h5-10H,3-4H2,1-2H3,(H,18,19). The Morgan fingerprint density at radius 1 is 1.11 bits per heavy atom. The number of nitrogens with zero attached hydrogens (tertiary/aromatic N) is 2. The van der Waals surface area contributed by atoms with Crippen molar-refractivity contribution in [1.29, 1.82) is 5.26 Å². The van der Waals surface area contributed by atoms with Gasteiger partial charge in [0.15, 0.2) is 0 Å². The average molecular weight is 251 g/mol. The van der Waals surface area contributed by atoms with E-state index in [1.54, 1.807) is 0 Å². The molecule has 0 saturated heterocycles. The summed E-state index contributed by atoms with van der Waals surface area (Å²) in [6.45, 7) is 4.88. The SMILES string of the molecule is CCNc1nc(-c2ccc(CC)cc2)ccc1C#N. The Morgan fingerprint density at radius 3 is 2.42 bits per heavy atom. The van der Waals surface area contributed by atoms with E-state index in [0.717, 1.165) is 24.2 Å². The van der Waals surface area contributed by atoms with Crippen LogP contribution in [0.15, 0.2) is 36.4 Å². The van der Waals surface area contributed by atoms with Crippen LogP contribution in [0.2, 0.25) is 0 Å². The molecule has 2 rings (SSSR count). The van der Waals surface area contributed by atoms with Crippen molar-refractivity contribution in [3.05, 3.63) is 47.5 Å². The van der Waals surface area contributed by atoms with Crippen molar-refractivity contribution in [2.45, 2.75) is 20.3 Å². The van der Waals surface area contributed by atoms with Crippen molar-refractivity contribution < 1.29 is 0 Å². The highest BCUT2D eigenvalue weighted by molar-refractivity contribution is 5.65. The molecular formula is C16H17N3. The largest absolute Gasteiger partial charge is 0.369 e. The first kappa shape index (κ1) is 13.1. The minimum absolute atomic E-state index is 0.579. The number of nitrogens with one attached hydrogen (secondary N) is 1. The first-order valence-electron chi connectivity index (χ1n) is 6.52. The molecule has 0 saturated carbocycles. The molecule has 1 N–H and O–H groups in total. The number of nitriles is 1. The lowest BCUT2D eigenvalue weighted by atomic mass is 10.1. The quantitative estimate of drug-likeness (QED) is 0.903. The molecule has 3 nitrogen and oxygen atoms in total. The van der Waals surface area contributed by atoms with Gasteiger partial charge in [-0.25, -0.2) is 4.98 Å². The molecule has 19 heavy (non-hydrogen) atoms. The van der Waals surface area contributed by atoms with E-state index < -0.39 is 0 Å². The maximum atomic E-state index is 9.04. The lowest BCUT2D eigenvalue weighted by Crippen LogP contribution is -2.02. The van der Waals surface area contributed by atoms with Gasteiger partial charge in [0.05, 0.1) is 11.3 Å². The molecular weight excluding hydrogens is 234 g/mol. The van der Waals surface area contributed by atoms with Crippen LogP contribution in [0.25, 0.3) is 11.3 Å².